The zero-order chi connectivity index (χ0) is 10.1. The largest absolute Gasteiger partial charge is 0.295 e. The molecule has 1 heterocycles. The highest BCUT2D eigenvalue weighted by molar-refractivity contribution is 5.98. The van der Waals surface area contributed by atoms with Crippen LogP contribution >= 0.6 is 0 Å². The van der Waals surface area contributed by atoms with Crippen LogP contribution < -0.4 is 0 Å². The summed E-state index contributed by atoms with van der Waals surface area (Å²) in [5, 5.41) is 4.18. The first-order valence-corrected chi connectivity index (χ1v) is 4.91. The van der Waals surface area contributed by atoms with Gasteiger partial charge in [-0.1, -0.05) is 0 Å². The van der Waals surface area contributed by atoms with Gasteiger partial charge in [0.05, 0.1) is 11.9 Å². The summed E-state index contributed by atoms with van der Waals surface area (Å²) in [7, 11) is 1.92. The molecule has 0 aliphatic heterocycles. The summed E-state index contributed by atoms with van der Waals surface area (Å²) in [5.41, 5.74) is 3.39. The monoisotopic (exact) mass is 190 g/mol. The lowest BCUT2D eigenvalue weighted by Crippen LogP contribution is -2.06. The standard InChI is InChI=1S/C11H14N2O/c1-8-7-12-13(2)11(8)9-4-3-5-10(14)6-9/h6-7H,3-5H2,1-2H3. The molecule has 3 heteroatoms. The number of aryl methyl sites for hydroxylation is 2. The van der Waals surface area contributed by atoms with Gasteiger partial charge in [-0.05, 0) is 37.0 Å². The molecule has 3 nitrogen and oxygen atoms in total. The van der Waals surface area contributed by atoms with E-state index < -0.39 is 0 Å². The third-order valence-corrected chi connectivity index (χ3v) is 2.63. The smallest absolute Gasteiger partial charge is 0.156 e. The van der Waals surface area contributed by atoms with Gasteiger partial charge < -0.3 is 0 Å². The number of nitrogens with zero attached hydrogens (tertiary/aromatic N) is 2. The van der Waals surface area contributed by atoms with E-state index in [-0.39, 0.29) is 5.78 Å². The molecule has 0 saturated heterocycles. The van der Waals surface area contributed by atoms with Crippen molar-refractivity contribution in [3.8, 4) is 0 Å². The molecule has 0 aromatic carbocycles. The number of allylic oxidation sites excluding steroid dienone is 2. The second kappa shape index (κ2) is 3.40. The lowest BCUT2D eigenvalue weighted by Gasteiger charge is -2.13. The van der Waals surface area contributed by atoms with E-state index in [4.69, 9.17) is 0 Å². The molecule has 1 aliphatic rings. The first-order valence-electron chi connectivity index (χ1n) is 4.91. The van der Waals surface area contributed by atoms with Gasteiger partial charge in [-0.15, -0.1) is 0 Å². The maximum Gasteiger partial charge on any atom is 0.156 e. The normalized spacial score (nSPS) is 17.0. The van der Waals surface area contributed by atoms with Crippen molar-refractivity contribution in [1.82, 2.24) is 9.78 Å². The predicted molar refractivity (Wildman–Crippen MR) is 54.8 cm³/mol. The minimum absolute atomic E-state index is 0.242. The predicted octanol–water partition coefficient (Wildman–Crippen LogP) is 1.86. The van der Waals surface area contributed by atoms with E-state index in [9.17, 15) is 4.79 Å². The molecule has 14 heavy (non-hydrogen) atoms. The van der Waals surface area contributed by atoms with Gasteiger partial charge >= 0.3 is 0 Å². The van der Waals surface area contributed by atoms with Gasteiger partial charge in [0.2, 0.25) is 0 Å². The Balaban J connectivity index is 2.44. The molecule has 74 valence electrons. The number of hydrogen-bond donors (Lipinski definition) is 0. The maximum absolute atomic E-state index is 11.3. The van der Waals surface area contributed by atoms with Crippen molar-refractivity contribution in [2.75, 3.05) is 0 Å². The third kappa shape index (κ3) is 1.50. The van der Waals surface area contributed by atoms with E-state index >= 15 is 0 Å². The van der Waals surface area contributed by atoms with Crippen molar-refractivity contribution in [2.45, 2.75) is 26.2 Å². The molecule has 0 amide bonds. The van der Waals surface area contributed by atoms with Gasteiger partial charge in [0, 0.05) is 13.5 Å². The number of rotatable bonds is 1. The van der Waals surface area contributed by atoms with Crippen LogP contribution in [0.1, 0.15) is 30.5 Å². The quantitative estimate of drug-likeness (QED) is 0.677. The molecule has 1 aliphatic carbocycles. The lowest BCUT2D eigenvalue weighted by atomic mass is 9.95. The molecule has 0 fully saturated rings. The van der Waals surface area contributed by atoms with Crippen molar-refractivity contribution in [3.63, 3.8) is 0 Å². The molecule has 0 bridgehead atoms. The van der Waals surface area contributed by atoms with Crippen molar-refractivity contribution >= 4 is 11.4 Å². The summed E-state index contributed by atoms with van der Waals surface area (Å²) in [4.78, 5) is 11.3. The SMILES string of the molecule is Cc1cnn(C)c1C1=CC(=O)CCC1. The fourth-order valence-corrected chi connectivity index (χ4v) is 1.99. The van der Waals surface area contributed by atoms with Gasteiger partial charge in [-0.3, -0.25) is 9.48 Å². The molecule has 0 N–H and O–H groups in total. The van der Waals surface area contributed by atoms with Crippen LogP contribution in [0, 0.1) is 6.92 Å². The van der Waals surface area contributed by atoms with Crippen molar-refractivity contribution in [3.05, 3.63) is 23.5 Å². The van der Waals surface area contributed by atoms with Gasteiger partial charge in [0.1, 0.15) is 0 Å². The van der Waals surface area contributed by atoms with Crippen molar-refractivity contribution < 1.29 is 4.79 Å². The molecule has 2 rings (SSSR count). The fraction of sp³-hybridized carbons (Fsp3) is 0.455. The minimum atomic E-state index is 0.242. The fourth-order valence-electron chi connectivity index (χ4n) is 1.99. The highest BCUT2D eigenvalue weighted by Crippen LogP contribution is 2.26. The number of aromatic nitrogens is 2. The van der Waals surface area contributed by atoms with Crippen LogP contribution in [0.5, 0.6) is 0 Å². The second-order valence-electron chi connectivity index (χ2n) is 3.79. The molecular weight excluding hydrogens is 176 g/mol. The van der Waals surface area contributed by atoms with E-state index in [1.54, 1.807) is 6.08 Å². The zero-order valence-corrected chi connectivity index (χ0v) is 8.58. The summed E-state index contributed by atoms with van der Waals surface area (Å²) < 4.78 is 1.85. The molecule has 1 aromatic heterocycles. The maximum atomic E-state index is 11.3. The number of hydrogen-bond acceptors (Lipinski definition) is 2. The van der Waals surface area contributed by atoms with E-state index in [1.807, 2.05) is 24.9 Å². The summed E-state index contributed by atoms with van der Waals surface area (Å²) in [6.45, 7) is 2.03. The van der Waals surface area contributed by atoms with Crippen molar-refractivity contribution in [1.29, 1.82) is 0 Å². The second-order valence-corrected chi connectivity index (χ2v) is 3.79. The summed E-state index contributed by atoms with van der Waals surface area (Å²) in [6, 6.07) is 0. The van der Waals surface area contributed by atoms with Gasteiger partial charge in [-0.2, -0.15) is 5.10 Å². The number of carbonyl (C=O) groups is 1. The van der Waals surface area contributed by atoms with E-state index in [0.29, 0.717) is 6.42 Å². The molecule has 0 radical (unpaired) electrons. The van der Waals surface area contributed by atoms with Crippen LogP contribution in [0.25, 0.3) is 5.57 Å². The summed E-state index contributed by atoms with van der Waals surface area (Å²) >= 11 is 0. The Labute approximate surface area is 83.4 Å². The highest BCUT2D eigenvalue weighted by Gasteiger charge is 2.15. The molecular formula is C11H14N2O. The van der Waals surface area contributed by atoms with E-state index in [0.717, 1.165) is 29.7 Å². The van der Waals surface area contributed by atoms with Gasteiger partial charge in [0.25, 0.3) is 0 Å². The lowest BCUT2D eigenvalue weighted by molar-refractivity contribution is -0.114. The van der Waals surface area contributed by atoms with Gasteiger partial charge in [-0.25, -0.2) is 0 Å². The number of carbonyl (C=O) groups excluding carboxylic acids is 1. The molecule has 1 aromatic rings. The number of ketones is 1. The Morgan fingerprint density at radius 3 is 2.79 bits per heavy atom. The highest BCUT2D eigenvalue weighted by atomic mass is 16.1. The molecule has 0 spiro atoms. The average Bonchev–Trinajstić information content (AvgIpc) is 2.46. The average molecular weight is 190 g/mol. The summed E-state index contributed by atoms with van der Waals surface area (Å²) in [6.07, 6.45) is 6.27. The minimum Gasteiger partial charge on any atom is -0.295 e. The molecule has 0 saturated carbocycles. The first-order chi connectivity index (χ1) is 6.68. The van der Waals surface area contributed by atoms with Crippen LogP contribution in [0.15, 0.2) is 12.3 Å². The van der Waals surface area contributed by atoms with Crippen LogP contribution in [0.4, 0.5) is 0 Å². The molecule has 0 atom stereocenters. The van der Waals surface area contributed by atoms with Crippen LogP contribution in [0.2, 0.25) is 0 Å². The van der Waals surface area contributed by atoms with Crippen molar-refractivity contribution in [2.24, 2.45) is 7.05 Å². The van der Waals surface area contributed by atoms with Gasteiger partial charge in [0.15, 0.2) is 5.78 Å². The third-order valence-electron chi connectivity index (χ3n) is 2.63. The Bertz CT molecular complexity index is 382. The molecule has 0 unspecified atom stereocenters. The first kappa shape index (κ1) is 9.19. The zero-order valence-electron chi connectivity index (χ0n) is 8.58. The topological polar surface area (TPSA) is 34.9 Å². The Hall–Kier alpha value is -1.38. The van der Waals surface area contributed by atoms with Crippen LogP contribution in [-0.2, 0) is 11.8 Å². The Kier molecular flexibility index (Phi) is 2.23. The Morgan fingerprint density at radius 1 is 1.43 bits per heavy atom. The van der Waals surface area contributed by atoms with E-state index in [1.165, 1.54) is 0 Å². The van der Waals surface area contributed by atoms with E-state index in [2.05, 4.69) is 5.10 Å². The Morgan fingerprint density at radius 2 is 2.21 bits per heavy atom. The van der Waals surface area contributed by atoms with Crippen LogP contribution in [-0.4, -0.2) is 15.6 Å². The van der Waals surface area contributed by atoms with Crippen LogP contribution in [0.3, 0.4) is 0 Å². The summed E-state index contributed by atoms with van der Waals surface area (Å²) in [5.74, 6) is 0.242.